The summed E-state index contributed by atoms with van der Waals surface area (Å²) in [5.74, 6) is 0.552. The molecule has 1 aliphatic rings. The third-order valence-corrected chi connectivity index (χ3v) is 3.15. The molecule has 1 saturated heterocycles. The molecular weight excluding hydrogens is 204 g/mol. The van der Waals surface area contributed by atoms with Gasteiger partial charge in [0, 0.05) is 19.1 Å². The number of nitrogens with one attached hydrogen (secondary N) is 1. The van der Waals surface area contributed by atoms with E-state index >= 15 is 0 Å². The van der Waals surface area contributed by atoms with Gasteiger partial charge < -0.3 is 15.0 Å². The molecule has 1 heterocycles. The fraction of sp³-hybridized carbons (Fsp3) is 0.917. The molecule has 4 heteroatoms. The van der Waals surface area contributed by atoms with Gasteiger partial charge in [0.05, 0.1) is 13.0 Å². The molecule has 1 aliphatic heterocycles. The van der Waals surface area contributed by atoms with E-state index in [0.29, 0.717) is 25.0 Å². The molecule has 0 aromatic rings. The zero-order valence-electron chi connectivity index (χ0n) is 10.7. The number of esters is 1. The molecule has 0 amide bonds. The highest BCUT2D eigenvalue weighted by Gasteiger charge is 2.23. The van der Waals surface area contributed by atoms with Gasteiger partial charge in [0.25, 0.3) is 0 Å². The molecule has 2 atom stereocenters. The van der Waals surface area contributed by atoms with Gasteiger partial charge in [-0.3, -0.25) is 4.79 Å². The predicted octanol–water partition coefficient (Wildman–Crippen LogP) is 0.869. The molecule has 1 rings (SSSR count). The van der Waals surface area contributed by atoms with Crippen LogP contribution in [0.5, 0.6) is 0 Å². The van der Waals surface area contributed by atoms with Crippen LogP contribution in [0.1, 0.15) is 26.7 Å². The maximum Gasteiger partial charge on any atom is 0.307 e. The van der Waals surface area contributed by atoms with Crippen molar-refractivity contribution in [3.63, 3.8) is 0 Å². The van der Waals surface area contributed by atoms with Crippen LogP contribution >= 0.6 is 0 Å². The molecular formula is C12H24N2O2. The van der Waals surface area contributed by atoms with Gasteiger partial charge in [-0.15, -0.1) is 0 Å². The number of carbonyl (C=O) groups excluding carboxylic acids is 1. The van der Waals surface area contributed by atoms with Crippen molar-refractivity contribution >= 4 is 5.97 Å². The summed E-state index contributed by atoms with van der Waals surface area (Å²) in [7, 11) is 2.16. The van der Waals surface area contributed by atoms with Crippen molar-refractivity contribution < 1.29 is 9.53 Å². The number of likely N-dealkylation sites (tertiary alicyclic amines) is 1. The van der Waals surface area contributed by atoms with E-state index in [4.69, 9.17) is 4.74 Å². The number of nitrogens with zero attached hydrogens (tertiary/aromatic N) is 1. The highest BCUT2D eigenvalue weighted by Crippen LogP contribution is 2.15. The van der Waals surface area contributed by atoms with Gasteiger partial charge in [-0.25, -0.2) is 0 Å². The Morgan fingerprint density at radius 2 is 2.31 bits per heavy atom. The average molecular weight is 228 g/mol. The monoisotopic (exact) mass is 228 g/mol. The van der Waals surface area contributed by atoms with Crippen LogP contribution in [0, 0.1) is 5.92 Å². The number of rotatable bonds is 5. The molecule has 0 aliphatic carbocycles. The number of piperidine rings is 1. The summed E-state index contributed by atoms with van der Waals surface area (Å²) in [5.41, 5.74) is 0. The van der Waals surface area contributed by atoms with Gasteiger partial charge in [0.1, 0.15) is 0 Å². The zero-order valence-corrected chi connectivity index (χ0v) is 10.7. The second-order valence-corrected chi connectivity index (χ2v) is 4.64. The first-order valence-corrected chi connectivity index (χ1v) is 6.21. The van der Waals surface area contributed by atoms with Gasteiger partial charge in [-0.1, -0.05) is 6.92 Å². The van der Waals surface area contributed by atoms with Crippen LogP contribution < -0.4 is 5.32 Å². The fourth-order valence-electron chi connectivity index (χ4n) is 2.25. The third-order valence-electron chi connectivity index (χ3n) is 3.15. The van der Waals surface area contributed by atoms with Crippen LogP contribution in [0.2, 0.25) is 0 Å². The standard InChI is InChI=1S/C12H24N2O2/c1-4-16-12(15)5-7-13-11-6-8-14(3)9-10(11)2/h10-11,13H,4-9H2,1-3H3. The van der Waals surface area contributed by atoms with Crippen LogP contribution in [-0.4, -0.2) is 50.2 Å². The van der Waals surface area contributed by atoms with Crippen LogP contribution in [0.4, 0.5) is 0 Å². The van der Waals surface area contributed by atoms with Gasteiger partial charge in [0.15, 0.2) is 0 Å². The van der Waals surface area contributed by atoms with Crippen LogP contribution in [0.3, 0.4) is 0 Å². The van der Waals surface area contributed by atoms with Crippen molar-refractivity contribution in [3.8, 4) is 0 Å². The first-order chi connectivity index (χ1) is 7.63. The number of hydrogen-bond donors (Lipinski definition) is 1. The normalized spacial score (nSPS) is 26.7. The Hall–Kier alpha value is -0.610. The van der Waals surface area contributed by atoms with E-state index in [1.54, 1.807) is 0 Å². The van der Waals surface area contributed by atoms with Crippen molar-refractivity contribution in [2.24, 2.45) is 5.92 Å². The van der Waals surface area contributed by atoms with E-state index in [1.165, 1.54) is 6.42 Å². The van der Waals surface area contributed by atoms with Crippen molar-refractivity contribution in [2.45, 2.75) is 32.7 Å². The number of ether oxygens (including phenoxy) is 1. The summed E-state index contributed by atoms with van der Waals surface area (Å²) in [6, 6.07) is 0.547. The SMILES string of the molecule is CCOC(=O)CCNC1CCN(C)CC1C. The molecule has 4 nitrogen and oxygen atoms in total. The second-order valence-electron chi connectivity index (χ2n) is 4.64. The van der Waals surface area contributed by atoms with E-state index in [9.17, 15) is 4.79 Å². The summed E-state index contributed by atoms with van der Waals surface area (Å²) in [4.78, 5) is 13.5. The summed E-state index contributed by atoms with van der Waals surface area (Å²) in [6.45, 7) is 7.58. The van der Waals surface area contributed by atoms with Gasteiger partial charge in [-0.05, 0) is 32.9 Å². The third kappa shape index (κ3) is 4.49. The van der Waals surface area contributed by atoms with Crippen molar-refractivity contribution in [2.75, 3.05) is 33.3 Å². The Bertz CT molecular complexity index is 221. The molecule has 0 saturated carbocycles. The minimum atomic E-state index is -0.101. The minimum Gasteiger partial charge on any atom is -0.466 e. The maximum absolute atomic E-state index is 11.1. The Labute approximate surface area is 98.3 Å². The maximum atomic E-state index is 11.1. The Kier molecular flexibility index (Phi) is 5.77. The molecule has 0 radical (unpaired) electrons. The van der Waals surface area contributed by atoms with E-state index < -0.39 is 0 Å². The first kappa shape index (κ1) is 13.5. The lowest BCUT2D eigenvalue weighted by Gasteiger charge is -2.35. The van der Waals surface area contributed by atoms with Gasteiger partial charge >= 0.3 is 5.97 Å². The van der Waals surface area contributed by atoms with Crippen molar-refractivity contribution in [1.82, 2.24) is 10.2 Å². The second kappa shape index (κ2) is 6.86. The van der Waals surface area contributed by atoms with Crippen LogP contribution in [0.25, 0.3) is 0 Å². The molecule has 2 unspecified atom stereocenters. The summed E-state index contributed by atoms with van der Waals surface area (Å²) >= 11 is 0. The molecule has 1 N–H and O–H groups in total. The average Bonchev–Trinajstić information content (AvgIpc) is 2.22. The Morgan fingerprint density at radius 3 is 2.94 bits per heavy atom. The zero-order chi connectivity index (χ0) is 12.0. The van der Waals surface area contributed by atoms with Crippen LogP contribution in [-0.2, 0) is 9.53 Å². The minimum absolute atomic E-state index is 0.101. The molecule has 0 aromatic carbocycles. The summed E-state index contributed by atoms with van der Waals surface area (Å²) in [6.07, 6.45) is 1.65. The fourth-order valence-corrected chi connectivity index (χ4v) is 2.25. The summed E-state index contributed by atoms with van der Waals surface area (Å²) < 4.78 is 4.89. The molecule has 0 spiro atoms. The van der Waals surface area contributed by atoms with E-state index in [0.717, 1.165) is 19.6 Å². The quantitative estimate of drug-likeness (QED) is 0.709. The summed E-state index contributed by atoms with van der Waals surface area (Å²) in [5, 5.41) is 3.45. The lowest BCUT2D eigenvalue weighted by Crippen LogP contribution is -2.47. The molecule has 16 heavy (non-hydrogen) atoms. The van der Waals surface area contributed by atoms with Gasteiger partial charge in [-0.2, -0.15) is 0 Å². The molecule has 0 aromatic heterocycles. The van der Waals surface area contributed by atoms with Crippen molar-refractivity contribution in [3.05, 3.63) is 0 Å². The Morgan fingerprint density at radius 1 is 1.56 bits per heavy atom. The number of carbonyl (C=O) groups is 1. The molecule has 94 valence electrons. The lowest BCUT2D eigenvalue weighted by atomic mass is 9.94. The molecule has 1 fully saturated rings. The lowest BCUT2D eigenvalue weighted by molar-refractivity contribution is -0.143. The van der Waals surface area contributed by atoms with Gasteiger partial charge in [0.2, 0.25) is 0 Å². The smallest absolute Gasteiger partial charge is 0.307 e. The van der Waals surface area contributed by atoms with E-state index in [2.05, 4.69) is 24.2 Å². The predicted molar refractivity (Wildman–Crippen MR) is 64.3 cm³/mol. The molecule has 0 bridgehead atoms. The first-order valence-electron chi connectivity index (χ1n) is 6.21. The largest absolute Gasteiger partial charge is 0.466 e. The topological polar surface area (TPSA) is 41.6 Å². The van der Waals surface area contributed by atoms with Crippen LogP contribution in [0.15, 0.2) is 0 Å². The van der Waals surface area contributed by atoms with Crippen molar-refractivity contribution in [1.29, 1.82) is 0 Å². The van der Waals surface area contributed by atoms with E-state index in [-0.39, 0.29) is 5.97 Å². The highest BCUT2D eigenvalue weighted by atomic mass is 16.5. The highest BCUT2D eigenvalue weighted by molar-refractivity contribution is 5.69. The number of hydrogen-bond acceptors (Lipinski definition) is 4. The Balaban J connectivity index is 2.15. The van der Waals surface area contributed by atoms with E-state index in [1.807, 2.05) is 6.92 Å².